The van der Waals surface area contributed by atoms with E-state index >= 15 is 0 Å². The lowest BCUT2D eigenvalue weighted by molar-refractivity contribution is 0.919. The third-order valence-electron chi connectivity index (χ3n) is 3.91. The quantitative estimate of drug-likeness (QED) is 0.726. The van der Waals surface area contributed by atoms with Gasteiger partial charge in [-0.3, -0.25) is 0 Å². The van der Waals surface area contributed by atoms with Crippen molar-refractivity contribution in [2.75, 3.05) is 0 Å². The molecule has 0 unspecified atom stereocenters. The summed E-state index contributed by atoms with van der Waals surface area (Å²) < 4.78 is 0. The molecule has 0 radical (unpaired) electrons. The minimum Gasteiger partial charge on any atom is -0.0617 e. The lowest BCUT2D eigenvalue weighted by Crippen LogP contribution is -2.00. The van der Waals surface area contributed by atoms with E-state index < -0.39 is 0 Å². The van der Waals surface area contributed by atoms with E-state index in [0.717, 1.165) is 12.8 Å². The SMILES string of the molecule is Cc1cccc(C)c1CCc1c(C)cccc1C. The highest BCUT2D eigenvalue weighted by Gasteiger charge is 2.06. The Morgan fingerprint density at radius 3 is 1.11 bits per heavy atom. The zero-order chi connectivity index (χ0) is 13.1. The normalized spacial score (nSPS) is 10.7. The second-order valence-corrected chi connectivity index (χ2v) is 5.24. The van der Waals surface area contributed by atoms with Gasteiger partial charge in [-0.1, -0.05) is 36.4 Å². The van der Waals surface area contributed by atoms with E-state index in [0.29, 0.717) is 0 Å². The van der Waals surface area contributed by atoms with Crippen LogP contribution in [-0.4, -0.2) is 0 Å². The smallest absolute Gasteiger partial charge is 0.0233 e. The van der Waals surface area contributed by atoms with Gasteiger partial charge in [0.1, 0.15) is 0 Å². The monoisotopic (exact) mass is 238 g/mol. The minimum atomic E-state index is 1.14. The highest BCUT2D eigenvalue weighted by molar-refractivity contribution is 5.37. The van der Waals surface area contributed by atoms with Crippen LogP contribution in [0.15, 0.2) is 36.4 Å². The zero-order valence-corrected chi connectivity index (χ0v) is 11.9. The Labute approximate surface area is 111 Å². The molecule has 0 saturated heterocycles. The van der Waals surface area contributed by atoms with Crippen LogP contribution in [0.25, 0.3) is 0 Å². The summed E-state index contributed by atoms with van der Waals surface area (Å²) in [7, 11) is 0. The lowest BCUT2D eigenvalue weighted by atomic mass is 9.93. The zero-order valence-electron chi connectivity index (χ0n) is 11.9. The molecule has 0 aliphatic carbocycles. The summed E-state index contributed by atoms with van der Waals surface area (Å²) >= 11 is 0. The van der Waals surface area contributed by atoms with Crippen molar-refractivity contribution in [3.8, 4) is 0 Å². The third-order valence-corrected chi connectivity index (χ3v) is 3.91. The predicted octanol–water partition coefficient (Wildman–Crippen LogP) is 4.71. The molecule has 0 heterocycles. The summed E-state index contributed by atoms with van der Waals surface area (Å²) in [6.45, 7) is 8.86. The van der Waals surface area contributed by atoms with Crippen LogP contribution in [0.5, 0.6) is 0 Å². The first kappa shape index (κ1) is 12.9. The van der Waals surface area contributed by atoms with Crippen LogP contribution in [0.1, 0.15) is 33.4 Å². The Morgan fingerprint density at radius 2 is 0.833 bits per heavy atom. The second-order valence-electron chi connectivity index (χ2n) is 5.24. The van der Waals surface area contributed by atoms with Crippen LogP contribution in [-0.2, 0) is 12.8 Å². The van der Waals surface area contributed by atoms with E-state index in [1.807, 2.05) is 0 Å². The van der Waals surface area contributed by atoms with Crippen LogP contribution < -0.4 is 0 Å². The van der Waals surface area contributed by atoms with Gasteiger partial charge in [-0.05, 0) is 73.9 Å². The molecule has 0 spiro atoms. The molecule has 0 heteroatoms. The summed E-state index contributed by atoms with van der Waals surface area (Å²) in [5.41, 5.74) is 8.70. The van der Waals surface area contributed by atoms with Gasteiger partial charge in [0.15, 0.2) is 0 Å². The summed E-state index contributed by atoms with van der Waals surface area (Å²) in [6, 6.07) is 13.2. The Bertz CT molecular complexity index is 458. The van der Waals surface area contributed by atoms with Crippen molar-refractivity contribution >= 4 is 0 Å². The molecule has 0 nitrogen and oxygen atoms in total. The van der Waals surface area contributed by atoms with Gasteiger partial charge in [-0.2, -0.15) is 0 Å². The van der Waals surface area contributed by atoms with Gasteiger partial charge in [0, 0.05) is 0 Å². The van der Waals surface area contributed by atoms with Crippen LogP contribution in [0.4, 0.5) is 0 Å². The molecule has 18 heavy (non-hydrogen) atoms. The van der Waals surface area contributed by atoms with Crippen LogP contribution in [0.2, 0.25) is 0 Å². The minimum absolute atomic E-state index is 1.14. The number of hydrogen-bond acceptors (Lipinski definition) is 0. The van der Waals surface area contributed by atoms with Crippen molar-refractivity contribution in [1.82, 2.24) is 0 Å². The molecule has 2 rings (SSSR count). The Balaban J connectivity index is 2.22. The van der Waals surface area contributed by atoms with E-state index in [9.17, 15) is 0 Å². The second kappa shape index (κ2) is 5.39. The van der Waals surface area contributed by atoms with E-state index in [2.05, 4.69) is 64.1 Å². The molecule has 0 fully saturated rings. The topological polar surface area (TPSA) is 0 Å². The van der Waals surface area contributed by atoms with Crippen molar-refractivity contribution in [3.63, 3.8) is 0 Å². The van der Waals surface area contributed by atoms with Crippen LogP contribution >= 0.6 is 0 Å². The van der Waals surface area contributed by atoms with Gasteiger partial charge in [0.25, 0.3) is 0 Å². The predicted molar refractivity (Wildman–Crippen MR) is 79.2 cm³/mol. The van der Waals surface area contributed by atoms with Crippen LogP contribution in [0.3, 0.4) is 0 Å². The largest absolute Gasteiger partial charge is 0.0617 e. The van der Waals surface area contributed by atoms with E-state index in [-0.39, 0.29) is 0 Å². The fraction of sp³-hybridized carbons (Fsp3) is 0.333. The summed E-state index contributed by atoms with van der Waals surface area (Å²) in [5.74, 6) is 0. The van der Waals surface area contributed by atoms with Gasteiger partial charge in [-0.15, -0.1) is 0 Å². The summed E-state index contributed by atoms with van der Waals surface area (Å²) in [6.07, 6.45) is 2.29. The molecule has 0 atom stereocenters. The molecule has 2 aromatic carbocycles. The van der Waals surface area contributed by atoms with E-state index in [4.69, 9.17) is 0 Å². The average molecular weight is 238 g/mol. The van der Waals surface area contributed by atoms with Crippen molar-refractivity contribution in [2.24, 2.45) is 0 Å². The van der Waals surface area contributed by atoms with Gasteiger partial charge in [0.2, 0.25) is 0 Å². The fourth-order valence-corrected chi connectivity index (χ4v) is 2.74. The number of rotatable bonds is 3. The molecule has 0 aliphatic heterocycles. The molecule has 0 amide bonds. The molecular weight excluding hydrogens is 216 g/mol. The van der Waals surface area contributed by atoms with Gasteiger partial charge in [0.05, 0.1) is 0 Å². The summed E-state index contributed by atoms with van der Waals surface area (Å²) in [5, 5.41) is 0. The number of hydrogen-bond donors (Lipinski definition) is 0. The molecular formula is C18H22. The fourth-order valence-electron chi connectivity index (χ4n) is 2.74. The molecule has 0 saturated carbocycles. The molecule has 2 aromatic rings. The number of aryl methyl sites for hydroxylation is 4. The van der Waals surface area contributed by atoms with E-state index in [1.54, 1.807) is 0 Å². The maximum Gasteiger partial charge on any atom is -0.0233 e. The standard InChI is InChI=1S/C18H22/c1-13-7-5-8-14(2)17(13)11-12-18-15(3)9-6-10-16(18)4/h5-10H,11-12H2,1-4H3. The van der Waals surface area contributed by atoms with Crippen molar-refractivity contribution in [2.45, 2.75) is 40.5 Å². The third kappa shape index (κ3) is 2.64. The van der Waals surface area contributed by atoms with Gasteiger partial charge >= 0.3 is 0 Å². The first-order valence-electron chi connectivity index (χ1n) is 6.70. The van der Waals surface area contributed by atoms with Gasteiger partial charge < -0.3 is 0 Å². The first-order valence-corrected chi connectivity index (χ1v) is 6.70. The highest BCUT2D eigenvalue weighted by Crippen LogP contribution is 2.19. The Hall–Kier alpha value is -1.56. The Kier molecular flexibility index (Phi) is 3.86. The highest BCUT2D eigenvalue weighted by atomic mass is 14.1. The number of benzene rings is 2. The van der Waals surface area contributed by atoms with Crippen molar-refractivity contribution in [1.29, 1.82) is 0 Å². The summed E-state index contributed by atoms with van der Waals surface area (Å²) in [4.78, 5) is 0. The van der Waals surface area contributed by atoms with Gasteiger partial charge in [-0.25, -0.2) is 0 Å². The first-order chi connectivity index (χ1) is 8.59. The Morgan fingerprint density at radius 1 is 0.556 bits per heavy atom. The molecule has 0 bridgehead atoms. The molecule has 0 aromatic heterocycles. The van der Waals surface area contributed by atoms with Crippen LogP contribution in [0, 0.1) is 27.7 Å². The molecule has 0 N–H and O–H groups in total. The molecule has 0 aliphatic rings. The van der Waals surface area contributed by atoms with Crippen molar-refractivity contribution < 1.29 is 0 Å². The lowest BCUT2D eigenvalue weighted by Gasteiger charge is -2.13. The van der Waals surface area contributed by atoms with Crippen molar-refractivity contribution in [3.05, 3.63) is 69.8 Å². The van der Waals surface area contributed by atoms with E-state index in [1.165, 1.54) is 33.4 Å². The average Bonchev–Trinajstić information content (AvgIpc) is 2.31. The maximum absolute atomic E-state index is 2.22. The maximum atomic E-state index is 2.22. The molecule has 94 valence electrons.